The van der Waals surface area contributed by atoms with E-state index in [4.69, 9.17) is 0 Å². The molecule has 2 aliphatic rings. The van der Waals surface area contributed by atoms with Crippen LogP contribution in [0, 0.1) is 0 Å². The Balaban J connectivity index is 1.73. The maximum Gasteiger partial charge on any atom is 0.0475 e. The van der Waals surface area contributed by atoms with Crippen LogP contribution in [-0.4, -0.2) is 55.6 Å². The van der Waals surface area contributed by atoms with E-state index in [1.165, 1.54) is 63.1 Å². The van der Waals surface area contributed by atoms with Gasteiger partial charge in [-0.1, -0.05) is 38.1 Å². The van der Waals surface area contributed by atoms with Gasteiger partial charge in [-0.2, -0.15) is 0 Å². The molecule has 0 radical (unpaired) electrons. The van der Waals surface area contributed by atoms with Crippen molar-refractivity contribution in [1.29, 1.82) is 0 Å². The van der Waals surface area contributed by atoms with E-state index < -0.39 is 0 Å². The average molecular weight is 316 g/mol. The van der Waals surface area contributed by atoms with Crippen molar-refractivity contribution >= 4 is 0 Å². The molecule has 3 heteroatoms. The van der Waals surface area contributed by atoms with Gasteiger partial charge in [0, 0.05) is 38.8 Å². The van der Waals surface area contributed by atoms with Gasteiger partial charge in [0.25, 0.3) is 0 Å². The summed E-state index contributed by atoms with van der Waals surface area (Å²) in [5, 5.41) is 3.47. The Morgan fingerprint density at radius 1 is 0.957 bits per heavy atom. The summed E-state index contributed by atoms with van der Waals surface area (Å²) in [6.07, 6.45) is 3.95. The molecule has 1 N–H and O–H groups in total. The van der Waals surface area contributed by atoms with Gasteiger partial charge in [0.2, 0.25) is 0 Å². The van der Waals surface area contributed by atoms with Crippen molar-refractivity contribution in [3.05, 3.63) is 35.4 Å². The first-order valence-corrected chi connectivity index (χ1v) is 9.55. The topological polar surface area (TPSA) is 18.5 Å². The van der Waals surface area contributed by atoms with Crippen molar-refractivity contribution < 1.29 is 0 Å². The summed E-state index contributed by atoms with van der Waals surface area (Å²) >= 11 is 0. The molecule has 2 aliphatic heterocycles. The molecule has 0 bridgehead atoms. The molecule has 0 spiro atoms. The van der Waals surface area contributed by atoms with Gasteiger partial charge in [-0.25, -0.2) is 0 Å². The van der Waals surface area contributed by atoms with E-state index in [0.717, 1.165) is 13.1 Å². The Kier molecular flexibility index (Phi) is 6.09. The van der Waals surface area contributed by atoms with Gasteiger partial charge in [0.05, 0.1) is 0 Å². The minimum Gasteiger partial charge on any atom is -0.314 e. The zero-order valence-corrected chi connectivity index (χ0v) is 14.9. The van der Waals surface area contributed by atoms with E-state index in [2.05, 4.69) is 53.2 Å². The number of nitrogens with one attached hydrogen (secondary N) is 1. The lowest BCUT2D eigenvalue weighted by Gasteiger charge is -2.35. The van der Waals surface area contributed by atoms with Crippen LogP contribution in [0.5, 0.6) is 0 Å². The highest BCUT2D eigenvalue weighted by molar-refractivity contribution is 5.27. The quantitative estimate of drug-likeness (QED) is 0.869. The van der Waals surface area contributed by atoms with Crippen LogP contribution in [0.1, 0.15) is 56.2 Å². The van der Waals surface area contributed by atoms with Crippen molar-refractivity contribution in [3.8, 4) is 0 Å². The summed E-state index contributed by atoms with van der Waals surface area (Å²) < 4.78 is 0. The monoisotopic (exact) mass is 315 g/mol. The van der Waals surface area contributed by atoms with E-state index in [0.29, 0.717) is 12.0 Å². The van der Waals surface area contributed by atoms with Crippen molar-refractivity contribution in [2.45, 2.75) is 45.1 Å². The fourth-order valence-corrected chi connectivity index (χ4v) is 3.91. The molecule has 0 saturated carbocycles. The Bertz CT molecular complexity index is 458. The number of benzene rings is 1. The largest absolute Gasteiger partial charge is 0.314 e. The van der Waals surface area contributed by atoms with E-state index in [1.54, 1.807) is 0 Å². The third-order valence-electron chi connectivity index (χ3n) is 5.72. The number of rotatable bonds is 6. The highest BCUT2D eigenvalue weighted by Crippen LogP contribution is 2.28. The van der Waals surface area contributed by atoms with Crippen LogP contribution >= 0.6 is 0 Å². The van der Waals surface area contributed by atoms with Gasteiger partial charge in [-0.3, -0.25) is 9.80 Å². The fourth-order valence-electron chi connectivity index (χ4n) is 3.91. The summed E-state index contributed by atoms with van der Waals surface area (Å²) in [4.78, 5) is 5.35. The molecule has 2 fully saturated rings. The normalized spacial score (nSPS) is 23.0. The van der Waals surface area contributed by atoms with Crippen LogP contribution in [0.4, 0.5) is 0 Å². The van der Waals surface area contributed by atoms with Crippen LogP contribution in [0.3, 0.4) is 0 Å². The zero-order valence-electron chi connectivity index (χ0n) is 14.9. The van der Waals surface area contributed by atoms with E-state index in [-0.39, 0.29) is 0 Å². The SMILES string of the molecule is CCC(C)c1ccc(C(CN2CCNCC2)N2CCCC2)cc1. The molecule has 0 aromatic heterocycles. The van der Waals surface area contributed by atoms with Crippen molar-refractivity contribution in [2.24, 2.45) is 0 Å². The Morgan fingerprint density at radius 3 is 2.17 bits per heavy atom. The third-order valence-corrected chi connectivity index (χ3v) is 5.72. The first-order valence-electron chi connectivity index (χ1n) is 9.55. The maximum absolute atomic E-state index is 3.47. The van der Waals surface area contributed by atoms with Crippen LogP contribution in [-0.2, 0) is 0 Å². The van der Waals surface area contributed by atoms with Crippen LogP contribution in [0.15, 0.2) is 24.3 Å². The molecule has 1 aromatic rings. The molecule has 23 heavy (non-hydrogen) atoms. The van der Waals surface area contributed by atoms with Crippen molar-refractivity contribution in [1.82, 2.24) is 15.1 Å². The second-order valence-corrected chi connectivity index (χ2v) is 7.29. The van der Waals surface area contributed by atoms with E-state index >= 15 is 0 Å². The lowest BCUT2D eigenvalue weighted by Crippen LogP contribution is -2.47. The highest BCUT2D eigenvalue weighted by Gasteiger charge is 2.26. The lowest BCUT2D eigenvalue weighted by atomic mass is 9.95. The lowest BCUT2D eigenvalue weighted by molar-refractivity contribution is 0.150. The second-order valence-electron chi connectivity index (χ2n) is 7.29. The Morgan fingerprint density at radius 2 is 1.57 bits per heavy atom. The van der Waals surface area contributed by atoms with Gasteiger partial charge in [0.1, 0.15) is 0 Å². The van der Waals surface area contributed by atoms with Gasteiger partial charge in [-0.15, -0.1) is 0 Å². The summed E-state index contributed by atoms with van der Waals surface area (Å²) in [6.45, 7) is 13.0. The van der Waals surface area contributed by atoms with Crippen LogP contribution in [0.2, 0.25) is 0 Å². The predicted octanol–water partition coefficient (Wildman–Crippen LogP) is 3.24. The number of likely N-dealkylation sites (tertiary alicyclic amines) is 1. The zero-order chi connectivity index (χ0) is 16.1. The summed E-state index contributed by atoms with van der Waals surface area (Å²) in [7, 11) is 0. The smallest absolute Gasteiger partial charge is 0.0475 e. The number of nitrogens with zero attached hydrogens (tertiary/aromatic N) is 2. The first-order chi connectivity index (χ1) is 11.3. The molecular formula is C20H33N3. The van der Waals surface area contributed by atoms with Crippen molar-refractivity contribution in [2.75, 3.05) is 45.8 Å². The molecule has 2 unspecified atom stereocenters. The molecular weight excluding hydrogens is 282 g/mol. The van der Waals surface area contributed by atoms with Crippen LogP contribution in [0.25, 0.3) is 0 Å². The molecule has 0 amide bonds. The molecule has 3 rings (SSSR count). The summed E-state index contributed by atoms with van der Waals surface area (Å²) in [5.41, 5.74) is 3.00. The van der Waals surface area contributed by atoms with E-state index in [9.17, 15) is 0 Å². The van der Waals surface area contributed by atoms with Gasteiger partial charge in [-0.05, 0) is 49.4 Å². The first kappa shape index (κ1) is 16.9. The van der Waals surface area contributed by atoms with Gasteiger partial charge >= 0.3 is 0 Å². The second kappa shape index (κ2) is 8.27. The summed E-state index contributed by atoms with van der Waals surface area (Å²) in [5.74, 6) is 0.669. The highest BCUT2D eigenvalue weighted by atomic mass is 15.2. The number of hydrogen-bond acceptors (Lipinski definition) is 3. The van der Waals surface area contributed by atoms with Crippen LogP contribution < -0.4 is 5.32 Å². The average Bonchev–Trinajstić information content (AvgIpc) is 3.14. The molecule has 2 atom stereocenters. The molecule has 3 nitrogen and oxygen atoms in total. The molecule has 2 saturated heterocycles. The number of piperazine rings is 1. The third kappa shape index (κ3) is 4.34. The minimum absolute atomic E-state index is 0.571. The van der Waals surface area contributed by atoms with Gasteiger partial charge in [0.15, 0.2) is 0 Å². The predicted molar refractivity (Wildman–Crippen MR) is 98.0 cm³/mol. The Labute approximate surface area is 142 Å². The molecule has 2 heterocycles. The Hall–Kier alpha value is -0.900. The standard InChI is InChI=1S/C20H33N3/c1-3-17(2)18-6-8-19(9-7-18)20(23-12-4-5-13-23)16-22-14-10-21-11-15-22/h6-9,17,20-21H,3-5,10-16H2,1-2H3. The van der Waals surface area contributed by atoms with Crippen molar-refractivity contribution in [3.63, 3.8) is 0 Å². The molecule has 0 aliphatic carbocycles. The molecule has 1 aromatic carbocycles. The van der Waals surface area contributed by atoms with Gasteiger partial charge < -0.3 is 5.32 Å². The minimum atomic E-state index is 0.571. The summed E-state index contributed by atoms with van der Waals surface area (Å²) in [6, 6.07) is 10.1. The maximum atomic E-state index is 3.47. The molecule has 128 valence electrons. The van der Waals surface area contributed by atoms with E-state index in [1.807, 2.05) is 0 Å². The fraction of sp³-hybridized carbons (Fsp3) is 0.700. The number of hydrogen-bond donors (Lipinski definition) is 1.